The molecule has 0 radical (unpaired) electrons. The molecule has 8 heteroatoms. The summed E-state index contributed by atoms with van der Waals surface area (Å²) in [7, 11) is 1.47. The van der Waals surface area contributed by atoms with E-state index in [9.17, 15) is 9.59 Å². The molecule has 3 rings (SSSR count). The molecule has 0 saturated carbocycles. The molecule has 176 valence electrons. The Kier molecular flexibility index (Phi) is 8.43. The van der Waals surface area contributed by atoms with E-state index in [0.717, 1.165) is 16.7 Å². The van der Waals surface area contributed by atoms with E-state index in [1.165, 1.54) is 13.3 Å². The summed E-state index contributed by atoms with van der Waals surface area (Å²) in [4.78, 5) is 24.5. The predicted molar refractivity (Wildman–Crippen MR) is 134 cm³/mol. The Labute approximate surface area is 206 Å². The van der Waals surface area contributed by atoms with Crippen molar-refractivity contribution in [2.24, 2.45) is 5.10 Å². The zero-order valence-electron chi connectivity index (χ0n) is 19.3. The molecule has 0 aromatic heterocycles. The van der Waals surface area contributed by atoms with Crippen LogP contribution >= 0.6 is 15.9 Å². The summed E-state index contributed by atoms with van der Waals surface area (Å²) < 4.78 is 16.9. The zero-order valence-corrected chi connectivity index (χ0v) is 20.9. The van der Waals surface area contributed by atoms with Crippen LogP contribution in [-0.4, -0.2) is 31.8 Å². The van der Waals surface area contributed by atoms with Crippen molar-refractivity contribution < 1.29 is 23.8 Å². The highest BCUT2D eigenvalue weighted by Crippen LogP contribution is 2.36. The maximum atomic E-state index is 12.5. The maximum Gasteiger partial charge on any atom is 0.343 e. The molecule has 7 nitrogen and oxygen atoms in total. The first-order chi connectivity index (χ1) is 16.3. The smallest absolute Gasteiger partial charge is 0.343 e. The average molecular weight is 525 g/mol. The van der Waals surface area contributed by atoms with Crippen LogP contribution in [0.1, 0.15) is 32.6 Å². The highest BCUT2D eigenvalue weighted by atomic mass is 79.9. The molecular weight excluding hydrogens is 500 g/mol. The number of ether oxygens (including phenoxy) is 3. The minimum Gasteiger partial charge on any atom is -0.493 e. The molecule has 0 saturated heterocycles. The lowest BCUT2D eigenvalue weighted by atomic mass is 10.1. The molecular formula is C26H25BrN2O5. The second-order valence-electron chi connectivity index (χ2n) is 7.62. The van der Waals surface area contributed by atoms with E-state index < -0.39 is 11.9 Å². The second-order valence-corrected chi connectivity index (χ2v) is 8.47. The minimum atomic E-state index is -0.503. The Morgan fingerprint density at radius 1 is 1.00 bits per heavy atom. The molecule has 3 aromatic rings. The third kappa shape index (κ3) is 6.68. The summed E-state index contributed by atoms with van der Waals surface area (Å²) in [5.74, 6) is 0.295. The number of hydrazone groups is 1. The maximum absolute atomic E-state index is 12.5. The molecule has 1 amide bonds. The first-order valence-corrected chi connectivity index (χ1v) is 11.2. The highest BCUT2D eigenvalue weighted by Gasteiger charge is 2.16. The zero-order chi connectivity index (χ0) is 24.7. The number of carbonyl (C=O) groups excluding carboxylic acids is 2. The topological polar surface area (TPSA) is 86.2 Å². The van der Waals surface area contributed by atoms with Gasteiger partial charge in [0.05, 0.1) is 23.4 Å². The summed E-state index contributed by atoms with van der Waals surface area (Å²) in [6.07, 6.45) is 1.45. The number of esters is 1. The summed E-state index contributed by atoms with van der Waals surface area (Å²) in [6.45, 7) is 5.76. The van der Waals surface area contributed by atoms with Crippen molar-refractivity contribution in [1.82, 2.24) is 5.43 Å². The molecule has 34 heavy (non-hydrogen) atoms. The molecule has 0 heterocycles. The fourth-order valence-corrected chi connectivity index (χ4v) is 3.46. The van der Waals surface area contributed by atoms with Crippen LogP contribution in [0.2, 0.25) is 0 Å². The third-order valence-corrected chi connectivity index (χ3v) is 5.57. The number of amides is 1. The van der Waals surface area contributed by atoms with E-state index >= 15 is 0 Å². The van der Waals surface area contributed by atoms with Gasteiger partial charge in [-0.2, -0.15) is 5.10 Å². The molecule has 0 fully saturated rings. The predicted octanol–water partition coefficient (Wildman–Crippen LogP) is 5.13. The van der Waals surface area contributed by atoms with Gasteiger partial charge < -0.3 is 14.2 Å². The van der Waals surface area contributed by atoms with E-state index in [1.807, 2.05) is 51.1 Å². The van der Waals surface area contributed by atoms with E-state index in [4.69, 9.17) is 14.2 Å². The number of benzene rings is 3. The first-order valence-electron chi connectivity index (χ1n) is 10.4. The lowest BCUT2D eigenvalue weighted by Gasteiger charge is -2.12. The third-order valence-electron chi connectivity index (χ3n) is 4.98. The largest absolute Gasteiger partial charge is 0.493 e. The van der Waals surface area contributed by atoms with E-state index in [2.05, 4.69) is 26.5 Å². The van der Waals surface area contributed by atoms with Crippen LogP contribution < -0.4 is 19.6 Å². The molecule has 1 N–H and O–H groups in total. The van der Waals surface area contributed by atoms with E-state index in [0.29, 0.717) is 27.1 Å². The number of nitrogens with zero attached hydrogens (tertiary/aromatic N) is 1. The first kappa shape index (κ1) is 25.0. The number of nitrogens with one attached hydrogen (secondary N) is 1. The van der Waals surface area contributed by atoms with Gasteiger partial charge >= 0.3 is 5.97 Å². The fourth-order valence-electron chi connectivity index (χ4n) is 2.92. The number of hydrogen-bond donors (Lipinski definition) is 1. The SMILES string of the molecule is COc1cc(/C=N/NC(=O)COc2ccc(C)c(C)c2)cc(Br)c1OC(=O)c1ccc(C)cc1. The summed E-state index contributed by atoms with van der Waals surface area (Å²) >= 11 is 3.41. The highest BCUT2D eigenvalue weighted by molar-refractivity contribution is 9.10. The van der Waals surface area contributed by atoms with Crippen LogP contribution in [0.4, 0.5) is 0 Å². The van der Waals surface area contributed by atoms with Crippen LogP contribution in [0.15, 0.2) is 64.2 Å². The number of methoxy groups -OCH3 is 1. The van der Waals surface area contributed by atoms with Crippen molar-refractivity contribution in [2.75, 3.05) is 13.7 Å². The van der Waals surface area contributed by atoms with E-state index in [-0.39, 0.29) is 12.4 Å². The van der Waals surface area contributed by atoms with Crippen LogP contribution in [0.5, 0.6) is 17.2 Å². The summed E-state index contributed by atoms with van der Waals surface area (Å²) in [6, 6.07) is 16.0. The molecule has 0 unspecified atom stereocenters. The van der Waals surface area contributed by atoms with Crippen LogP contribution in [0, 0.1) is 20.8 Å². The molecule has 0 aliphatic carbocycles. The average Bonchev–Trinajstić information content (AvgIpc) is 2.81. The normalized spacial score (nSPS) is 10.7. The number of hydrogen-bond acceptors (Lipinski definition) is 6. The Hall–Kier alpha value is -3.65. The fraction of sp³-hybridized carbons (Fsp3) is 0.192. The van der Waals surface area contributed by atoms with Crippen LogP contribution in [0.25, 0.3) is 0 Å². The molecule has 0 atom stereocenters. The lowest BCUT2D eigenvalue weighted by Crippen LogP contribution is -2.24. The van der Waals surface area contributed by atoms with Gasteiger partial charge in [0, 0.05) is 0 Å². The molecule has 0 bridgehead atoms. The Morgan fingerprint density at radius 3 is 2.41 bits per heavy atom. The number of halogens is 1. The molecule has 0 aliphatic heterocycles. The quantitative estimate of drug-likeness (QED) is 0.191. The van der Waals surface area contributed by atoms with Gasteiger partial charge in [0.25, 0.3) is 5.91 Å². The van der Waals surface area contributed by atoms with Gasteiger partial charge in [0.15, 0.2) is 18.1 Å². The van der Waals surface area contributed by atoms with Gasteiger partial charge in [-0.3, -0.25) is 4.79 Å². The van der Waals surface area contributed by atoms with Gasteiger partial charge in [-0.05, 0) is 89.8 Å². The van der Waals surface area contributed by atoms with Crippen molar-refractivity contribution in [2.45, 2.75) is 20.8 Å². The van der Waals surface area contributed by atoms with Crippen LogP contribution in [0.3, 0.4) is 0 Å². The monoisotopic (exact) mass is 524 g/mol. The number of aryl methyl sites for hydroxylation is 3. The van der Waals surface area contributed by atoms with Crippen molar-refractivity contribution in [3.63, 3.8) is 0 Å². The van der Waals surface area contributed by atoms with Gasteiger partial charge in [-0.15, -0.1) is 0 Å². The molecule has 0 spiro atoms. The second kappa shape index (κ2) is 11.5. The van der Waals surface area contributed by atoms with Crippen LogP contribution in [-0.2, 0) is 4.79 Å². The Balaban J connectivity index is 1.61. The lowest BCUT2D eigenvalue weighted by molar-refractivity contribution is -0.123. The Bertz CT molecular complexity index is 1220. The van der Waals surface area contributed by atoms with Gasteiger partial charge in [-0.25, -0.2) is 10.2 Å². The summed E-state index contributed by atoms with van der Waals surface area (Å²) in [5, 5.41) is 3.96. The molecule has 3 aromatic carbocycles. The standard InChI is InChI=1S/C26H25BrN2O5/c1-16-5-8-20(9-6-16)26(31)34-25-22(27)12-19(13-23(25)32-4)14-28-29-24(30)15-33-21-10-7-17(2)18(3)11-21/h5-14H,15H2,1-4H3,(H,29,30)/b28-14+. The van der Waals surface area contributed by atoms with Gasteiger partial charge in [0.2, 0.25) is 0 Å². The molecule has 0 aliphatic rings. The number of rotatable bonds is 8. The Morgan fingerprint density at radius 2 is 1.74 bits per heavy atom. The van der Waals surface area contributed by atoms with Gasteiger partial charge in [-0.1, -0.05) is 23.8 Å². The van der Waals surface area contributed by atoms with Crippen molar-refractivity contribution >= 4 is 34.0 Å². The van der Waals surface area contributed by atoms with Crippen molar-refractivity contribution in [3.8, 4) is 17.2 Å². The van der Waals surface area contributed by atoms with E-state index in [1.54, 1.807) is 24.3 Å². The van der Waals surface area contributed by atoms with Gasteiger partial charge in [0.1, 0.15) is 5.75 Å². The summed E-state index contributed by atoms with van der Waals surface area (Å²) in [5.41, 5.74) is 6.75. The van der Waals surface area contributed by atoms with Crippen molar-refractivity contribution in [3.05, 3.63) is 86.9 Å². The minimum absolute atomic E-state index is 0.166. The van der Waals surface area contributed by atoms with Crippen molar-refractivity contribution in [1.29, 1.82) is 0 Å². The number of carbonyl (C=O) groups is 2.